The van der Waals surface area contributed by atoms with Crippen LogP contribution in [0.4, 0.5) is 0 Å². The summed E-state index contributed by atoms with van der Waals surface area (Å²) in [6.07, 6.45) is 2.23. The van der Waals surface area contributed by atoms with Gasteiger partial charge in [-0.2, -0.15) is 5.10 Å². The van der Waals surface area contributed by atoms with Crippen LogP contribution < -0.4 is 0 Å². The number of halogens is 1. The lowest BCUT2D eigenvalue weighted by Crippen LogP contribution is -2.46. The molecule has 0 aliphatic carbocycles. The van der Waals surface area contributed by atoms with Gasteiger partial charge < -0.3 is 10.0 Å². The largest absolute Gasteiger partial charge is 0.389 e. The third-order valence-electron chi connectivity index (χ3n) is 4.36. The van der Waals surface area contributed by atoms with E-state index in [2.05, 4.69) is 30.8 Å². The molecule has 0 aromatic carbocycles. The lowest BCUT2D eigenvalue weighted by Gasteiger charge is -2.39. The van der Waals surface area contributed by atoms with Crippen molar-refractivity contribution in [2.45, 2.75) is 59.1 Å². The summed E-state index contributed by atoms with van der Waals surface area (Å²) in [7, 11) is 0. The maximum Gasteiger partial charge on any atom is 0.0848 e. The number of aromatic nitrogens is 2. The van der Waals surface area contributed by atoms with Crippen LogP contribution in [0, 0.1) is 12.8 Å². The minimum atomic E-state index is -0.642. The van der Waals surface area contributed by atoms with E-state index in [1.807, 2.05) is 11.6 Å². The molecule has 1 saturated heterocycles. The van der Waals surface area contributed by atoms with Crippen molar-refractivity contribution in [3.63, 3.8) is 0 Å². The van der Waals surface area contributed by atoms with Crippen molar-refractivity contribution in [1.82, 2.24) is 14.7 Å². The van der Waals surface area contributed by atoms with Crippen LogP contribution >= 0.6 is 11.6 Å². The number of hydrogen-bond acceptors (Lipinski definition) is 3. The Morgan fingerprint density at radius 1 is 1.33 bits per heavy atom. The van der Waals surface area contributed by atoms with E-state index in [0.29, 0.717) is 12.3 Å². The Labute approximate surface area is 133 Å². The van der Waals surface area contributed by atoms with E-state index in [9.17, 15) is 5.11 Å². The summed E-state index contributed by atoms with van der Waals surface area (Å²) in [6.45, 7) is 12.3. The number of likely N-dealkylation sites (tertiary alicyclic amines) is 1. The van der Waals surface area contributed by atoms with Crippen LogP contribution in [0.5, 0.6) is 0 Å². The smallest absolute Gasteiger partial charge is 0.0848 e. The number of aliphatic hydroxyl groups is 1. The SMILES string of the molecule is CCn1nc(C)c(Cl)c1CC1(O)CCN(CC(C)C)CC1. The predicted octanol–water partition coefficient (Wildman–Crippen LogP) is 2.89. The van der Waals surface area contributed by atoms with Crippen molar-refractivity contribution in [2.75, 3.05) is 19.6 Å². The lowest BCUT2D eigenvalue weighted by atomic mass is 9.86. The first-order valence-corrected chi connectivity index (χ1v) is 8.39. The summed E-state index contributed by atoms with van der Waals surface area (Å²) in [5.41, 5.74) is 1.20. The molecule has 2 rings (SSSR count). The fourth-order valence-corrected chi connectivity index (χ4v) is 3.40. The highest BCUT2D eigenvalue weighted by atomic mass is 35.5. The lowest BCUT2D eigenvalue weighted by molar-refractivity contribution is -0.0240. The van der Waals surface area contributed by atoms with Crippen LogP contribution in [0.15, 0.2) is 0 Å². The maximum absolute atomic E-state index is 10.9. The Bertz CT molecular complexity index is 476. The molecule has 4 nitrogen and oxygen atoms in total. The van der Waals surface area contributed by atoms with Gasteiger partial charge in [-0.1, -0.05) is 25.4 Å². The molecule has 1 aliphatic heterocycles. The number of piperidine rings is 1. The van der Waals surface area contributed by atoms with Crippen molar-refractivity contribution in [1.29, 1.82) is 0 Å². The molecule has 1 fully saturated rings. The van der Waals surface area contributed by atoms with Crippen molar-refractivity contribution in [2.24, 2.45) is 5.92 Å². The predicted molar refractivity (Wildman–Crippen MR) is 86.8 cm³/mol. The highest BCUT2D eigenvalue weighted by Gasteiger charge is 2.34. The van der Waals surface area contributed by atoms with Gasteiger partial charge in [-0.05, 0) is 32.6 Å². The molecule has 0 amide bonds. The van der Waals surface area contributed by atoms with Gasteiger partial charge in [-0.25, -0.2) is 0 Å². The molecule has 120 valence electrons. The average molecular weight is 314 g/mol. The van der Waals surface area contributed by atoms with Crippen LogP contribution in [0.25, 0.3) is 0 Å². The summed E-state index contributed by atoms with van der Waals surface area (Å²) in [4.78, 5) is 2.45. The second-order valence-corrected chi connectivity index (χ2v) is 7.14. The molecular weight excluding hydrogens is 286 g/mol. The number of rotatable bonds is 5. The molecular formula is C16H28ClN3O. The second-order valence-electron chi connectivity index (χ2n) is 6.76. The third-order valence-corrected chi connectivity index (χ3v) is 4.85. The van der Waals surface area contributed by atoms with Gasteiger partial charge in [0.05, 0.1) is 22.0 Å². The van der Waals surface area contributed by atoms with Crippen molar-refractivity contribution in [3.05, 3.63) is 16.4 Å². The van der Waals surface area contributed by atoms with Crippen molar-refractivity contribution < 1.29 is 5.11 Å². The Kier molecular flexibility index (Phi) is 5.33. The third kappa shape index (κ3) is 3.99. The van der Waals surface area contributed by atoms with Crippen LogP contribution in [0.3, 0.4) is 0 Å². The van der Waals surface area contributed by atoms with Crippen LogP contribution in [0.2, 0.25) is 5.02 Å². The maximum atomic E-state index is 10.9. The summed E-state index contributed by atoms with van der Waals surface area (Å²) in [5, 5.41) is 16.1. The fourth-order valence-electron chi connectivity index (χ4n) is 3.19. The molecule has 1 aliphatic rings. The van der Waals surface area contributed by atoms with E-state index in [1.54, 1.807) is 0 Å². The molecule has 0 radical (unpaired) electrons. The summed E-state index contributed by atoms with van der Waals surface area (Å²) in [6, 6.07) is 0. The zero-order valence-corrected chi connectivity index (χ0v) is 14.4. The molecule has 1 aromatic heterocycles. The van der Waals surface area contributed by atoms with E-state index in [0.717, 1.165) is 55.4 Å². The number of hydrogen-bond donors (Lipinski definition) is 1. The molecule has 0 bridgehead atoms. The van der Waals surface area contributed by atoms with E-state index in [-0.39, 0.29) is 0 Å². The highest BCUT2D eigenvalue weighted by Crippen LogP contribution is 2.30. The zero-order valence-electron chi connectivity index (χ0n) is 13.7. The van der Waals surface area contributed by atoms with Gasteiger partial charge >= 0.3 is 0 Å². The van der Waals surface area contributed by atoms with Gasteiger partial charge in [0.1, 0.15) is 0 Å². The summed E-state index contributed by atoms with van der Waals surface area (Å²) in [5.74, 6) is 0.676. The van der Waals surface area contributed by atoms with Crippen LogP contribution in [-0.2, 0) is 13.0 Å². The molecule has 0 saturated carbocycles. The quantitative estimate of drug-likeness (QED) is 0.909. The first kappa shape index (κ1) is 16.8. The van der Waals surface area contributed by atoms with E-state index >= 15 is 0 Å². The van der Waals surface area contributed by atoms with Gasteiger partial charge in [0, 0.05) is 32.6 Å². The topological polar surface area (TPSA) is 41.3 Å². The van der Waals surface area contributed by atoms with Crippen LogP contribution in [-0.4, -0.2) is 45.0 Å². The van der Waals surface area contributed by atoms with Crippen molar-refractivity contribution in [3.8, 4) is 0 Å². The monoisotopic (exact) mass is 313 g/mol. The molecule has 5 heteroatoms. The van der Waals surface area contributed by atoms with E-state index in [4.69, 9.17) is 11.6 Å². The molecule has 0 spiro atoms. The minimum Gasteiger partial charge on any atom is -0.389 e. The Morgan fingerprint density at radius 3 is 2.48 bits per heavy atom. The average Bonchev–Trinajstić information content (AvgIpc) is 2.69. The van der Waals surface area contributed by atoms with Gasteiger partial charge in [0.15, 0.2) is 0 Å². The molecule has 1 aromatic rings. The highest BCUT2D eigenvalue weighted by molar-refractivity contribution is 6.31. The van der Waals surface area contributed by atoms with Crippen molar-refractivity contribution >= 4 is 11.6 Å². The van der Waals surface area contributed by atoms with Gasteiger partial charge in [-0.3, -0.25) is 4.68 Å². The van der Waals surface area contributed by atoms with Crippen LogP contribution in [0.1, 0.15) is 45.0 Å². The first-order chi connectivity index (χ1) is 9.84. The molecule has 21 heavy (non-hydrogen) atoms. The summed E-state index contributed by atoms with van der Waals surface area (Å²) < 4.78 is 1.93. The Hall–Kier alpha value is -0.580. The Balaban J connectivity index is 2.03. The molecule has 0 unspecified atom stereocenters. The fraction of sp³-hybridized carbons (Fsp3) is 0.812. The van der Waals surface area contributed by atoms with E-state index < -0.39 is 5.60 Å². The first-order valence-electron chi connectivity index (χ1n) is 8.01. The molecule has 2 heterocycles. The zero-order chi connectivity index (χ0) is 15.6. The minimum absolute atomic E-state index is 0.607. The summed E-state index contributed by atoms with van der Waals surface area (Å²) >= 11 is 6.37. The number of aryl methyl sites for hydroxylation is 2. The standard InChI is InChI=1S/C16H28ClN3O/c1-5-20-14(15(17)13(4)18-20)10-16(21)6-8-19(9-7-16)11-12(2)3/h12,21H,5-11H2,1-4H3. The normalized spacial score (nSPS) is 19.4. The van der Waals surface area contributed by atoms with E-state index in [1.165, 1.54) is 0 Å². The number of nitrogens with zero attached hydrogens (tertiary/aromatic N) is 3. The Morgan fingerprint density at radius 2 is 1.95 bits per heavy atom. The molecule has 1 N–H and O–H groups in total. The van der Waals surface area contributed by atoms with Gasteiger partial charge in [0.25, 0.3) is 0 Å². The second kappa shape index (κ2) is 6.67. The van der Waals surface area contributed by atoms with Gasteiger partial charge in [0.2, 0.25) is 0 Å². The van der Waals surface area contributed by atoms with Gasteiger partial charge in [-0.15, -0.1) is 0 Å². The molecule has 0 atom stereocenters.